The molecule has 1 aliphatic heterocycles. The highest BCUT2D eigenvalue weighted by atomic mass is 19.1. The Morgan fingerprint density at radius 1 is 1.24 bits per heavy atom. The summed E-state index contributed by atoms with van der Waals surface area (Å²) in [7, 11) is 0. The number of aromatic nitrogens is 2. The number of carbonyl (C=O) groups excluding carboxylic acids is 1. The number of carbonyl (C=O) groups is 1. The SMILES string of the molecule is CC(C)C[C@]1(O)CCN(C(=O)Cn2cnc3ccccc3c2=O)C[C@@H]1Oc1ccc(F)cc1. The number of hydrogen-bond donors (Lipinski definition) is 1. The molecule has 2 aromatic carbocycles. The van der Waals surface area contributed by atoms with Crippen LogP contribution in [0.4, 0.5) is 4.39 Å². The minimum atomic E-state index is -1.12. The summed E-state index contributed by atoms with van der Waals surface area (Å²) in [5.41, 5.74) is -0.821. The first-order valence-corrected chi connectivity index (χ1v) is 11.1. The van der Waals surface area contributed by atoms with Crippen LogP contribution in [-0.4, -0.2) is 50.3 Å². The van der Waals surface area contributed by atoms with Crippen LogP contribution in [0.25, 0.3) is 10.9 Å². The van der Waals surface area contributed by atoms with Crippen molar-refractivity contribution in [2.24, 2.45) is 5.92 Å². The first-order chi connectivity index (χ1) is 15.7. The number of likely N-dealkylation sites (tertiary alicyclic amines) is 1. The number of hydrogen-bond acceptors (Lipinski definition) is 5. The van der Waals surface area contributed by atoms with Crippen LogP contribution in [0.15, 0.2) is 59.7 Å². The number of piperidine rings is 1. The Bertz CT molecular complexity index is 1190. The van der Waals surface area contributed by atoms with Crippen LogP contribution >= 0.6 is 0 Å². The summed E-state index contributed by atoms with van der Waals surface area (Å²) in [4.78, 5) is 31.7. The first kappa shape index (κ1) is 22.9. The fourth-order valence-corrected chi connectivity index (χ4v) is 4.41. The Labute approximate surface area is 191 Å². The molecule has 4 rings (SSSR count). The number of ether oxygens (including phenoxy) is 1. The van der Waals surface area contributed by atoms with Gasteiger partial charge in [-0.05, 0) is 55.2 Å². The summed E-state index contributed by atoms with van der Waals surface area (Å²) < 4.78 is 20.7. The van der Waals surface area contributed by atoms with Crippen molar-refractivity contribution in [3.8, 4) is 5.75 Å². The highest BCUT2D eigenvalue weighted by molar-refractivity contribution is 5.79. The maximum atomic E-state index is 13.3. The molecule has 2 atom stereocenters. The normalized spacial score (nSPS) is 20.9. The highest BCUT2D eigenvalue weighted by Crippen LogP contribution is 2.32. The second-order valence-corrected chi connectivity index (χ2v) is 9.05. The first-order valence-electron chi connectivity index (χ1n) is 11.1. The number of nitrogens with zero attached hydrogens (tertiary/aromatic N) is 3. The lowest BCUT2D eigenvalue weighted by molar-refractivity contribution is -0.149. The van der Waals surface area contributed by atoms with Crippen LogP contribution in [-0.2, 0) is 11.3 Å². The van der Waals surface area contributed by atoms with E-state index < -0.39 is 11.7 Å². The van der Waals surface area contributed by atoms with Crippen molar-refractivity contribution in [3.63, 3.8) is 0 Å². The van der Waals surface area contributed by atoms with E-state index in [2.05, 4.69) is 4.98 Å². The van der Waals surface area contributed by atoms with Crippen LogP contribution in [0.5, 0.6) is 5.75 Å². The molecule has 1 aliphatic rings. The van der Waals surface area contributed by atoms with E-state index in [1.165, 1.54) is 35.2 Å². The van der Waals surface area contributed by atoms with Crippen LogP contribution in [0.1, 0.15) is 26.7 Å². The van der Waals surface area contributed by atoms with Gasteiger partial charge in [0.2, 0.25) is 5.91 Å². The third-order valence-corrected chi connectivity index (χ3v) is 6.04. The Morgan fingerprint density at radius 2 is 1.97 bits per heavy atom. The van der Waals surface area contributed by atoms with E-state index in [1.807, 2.05) is 13.8 Å². The average molecular weight is 454 g/mol. The van der Waals surface area contributed by atoms with Crippen molar-refractivity contribution >= 4 is 16.8 Å². The molecule has 1 saturated heterocycles. The minimum Gasteiger partial charge on any atom is -0.486 e. The molecule has 8 heteroatoms. The Balaban J connectivity index is 1.53. The summed E-state index contributed by atoms with van der Waals surface area (Å²) in [5.74, 6) is 0.00908. The van der Waals surface area contributed by atoms with Gasteiger partial charge in [0.05, 0.1) is 23.8 Å². The molecule has 0 aliphatic carbocycles. The molecule has 0 radical (unpaired) electrons. The molecule has 0 unspecified atom stereocenters. The average Bonchev–Trinajstić information content (AvgIpc) is 2.78. The predicted octanol–water partition coefficient (Wildman–Crippen LogP) is 2.99. The van der Waals surface area contributed by atoms with Crippen LogP contribution in [0.2, 0.25) is 0 Å². The second kappa shape index (κ2) is 9.31. The van der Waals surface area contributed by atoms with Gasteiger partial charge in [-0.1, -0.05) is 26.0 Å². The standard InChI is InChI=1S/C25H28FN3O4/c1-17(2)13-25(32)11-12-28(14-22(25)33-19-9-7-18(26)8-10-19)23(30)15-29-16-27-21-6-4-3-5-20(21)24(29)31/h3-10,16-17,22,32H,11-15H2,1-2H3/t22-,25+/m0/s1. The van der Waals surface area contributed by atoms with E-state index in [1.54, 1.807) is 29.2 Å². The summed E-state index contributed by atoms with van der Waals surface area (Å²) >= 11 is 0. The number of rotatable bonds is 6. The number of fused-ring (bicyclic) bond motifs is 1. The van der Waals surface area contributed by atoms with Gasteiger partial charge < -0.3 is 14.7 Å². The molecule has 0 bridgehead atoms. The molecular formula is C25H28FN3O4. The predicted molar refractivity (Wildman–Crippen MR) is 122 cm³/mol. The fraction of sp³-hybridized carbons (Fsp3) is 0.400. The van der Waals surface area contributed by atoms with Crippen LogP contribution in [0.3, 0.4) is 0 Å². The topological polar surface area (TPSA) is 84.7 Å². The number of aliphatic hydroxyl groups is 1. The van der Waals surface area contributed by atoms with Gasteiger partial charge in [0.15, 0.2) is 0 Å². The molecule has 1 fully saturated rings. The fourth-order valence-electron chi connectivity index (χ4n) is 4.41. The number of amides is 1. The van der Waals surface area contributed by atoms with Crippen molar-refractivity contribution in [2.45, 2.75) is 44.9 Å². The van der Waals surface area contributed by atoms with E-state index in [0.717, 1.165) is 0 Å². The third kappa shape index (κ3) is 5.06. The maximum Gasteiger partial charge on any atom is 0.261 e. The monoisotopic (exact) mass is 453 g/mol. The van der Waals surface area contributed by atoms with E-state index in [-0.39, 0.29) is 36.3 Å². The Hall–Kier alpha value is -3.26. The molecule has 1 aromatic heterocycles. The van der Waals surface area contributed by atoms with E-state index in [9.17, 15) is 19.1 Å². The van der Waals surface area contributed by atoms with Gasteiger partial charge in [-0.15, -0.1) is 0 Å². The zero-order chi connectivity index (χ0) is 23.6. The molecule has 3 aromatic rings. The maximum absolute atomic E-state index is 13.3. The van der Waals surface area contributed by atoms with Gasteiger partial charge in [-0.25, -0.2) is 9.37 Å². The summed E-state index contributed by atoms with van der Waals surface area (Å²) in [5, 5.41) is 11.8. The van der Waals surface area contributed by atoms with Gasteiger partial charge in [0.25, 0.3) is 5.56 Å². The summed E-state index contributed by atoms with van der Waals surface area (Å²) in [6, 6.07) is 12.6. The van der Waals surface area contributed by atoms with Gasteiger partial charge in [-0.2, -0.15) is 0 Å². The summed E-state index contributed by atoms with van der Waals surface area (Å²) in [6.07, 6.45) is 1.55. The van der Waals surface area contributed by atoms with Crippen molar-refractivity contribution in [3.05, 3.63) is 71.0 Å². The van der Waals surface area contributed by atoms with E-state index >= 15 is 0 Å². The van der Waals surface area contributed by atoms with Crippen LogP contribution < -0.4 is 10.3 Å². The zero-order valence-electron chi connectivity index (χ0n) is 18.8. The second-order valence-electron chi connectivity index (χ2n) is 9.05. The van der Waals surface area contributed by atoms with Crippen molar-refractivity contribution < 1.29 is 19.0 Å². The summed E-state index contributed by atoms with van der Waals surface area (Å²) in [6.45, 7) is 4.39. The largest absolute Gasteiger partial charge is 0.486 e. The molecule has 7 nitrogen and oxygen atoms in total. The molecule has 1 amide bonds. The third-order valence-electron chi connectivity index (χ3n) is 6.04. The van der Waals surface area contributed by atoms with Crippen LogP contribution in [0, 0.1) is 11.7 Å². The lowest BCUT2D eigenvalue weighted by atomic mass is 9.81. The molecule has 0 saturated carbocycles. The molecular weight excluding hydrogens is 425 g/mol. The highest BCUT2D eigenvalue weighted by Gasteiger charge is 2.44. The van der Waals surface area contributed by atoms with Crippen molar-refractivity contribution in [1.29, 1.82) is 0 Å². The number of halogens is 1. The Kier molecular flexibility index (Phi) is 6.47. The molecule has 2 heterocycles. The molecule has 33 heavy (non-hydrogen) atoms. The lowest BCUT2D eigenvalue weighted by Gasteiger charge is -2.45. The minimum absolute atomic E-state index is 0.150. The van der Waals surface area contributed by atoms with Gasteiger partial charge in [0, 0.05) is 6.54 Å². The molecule has 174 valence electrons. The van der Waals surface area contributed by atoms with Crippen molar-refractivity contribution in [1.82, 2.24) is 14.5 Å². The number of benzene rings is 2. The van der Waals surface area contributed by atoms with E-state index in [0.29, 0.717) is 36.0 Å². The molecule has 0 spiro atoms. The smallest absolute Gasteiger partial charge is 0.261 e. The van der Waals surface area contributed by atoms with E-state index in [4.69, 9.17) is 4.74 Å². The zero-order valence-corrected chi connectivity index (χ0v) is 18.8. The van der Waals surface area contributed by atoms with Crippen molar-refractivity contribution in [2.75, 3.05) is 13.1 Å². The quantitative estimate of drug-likeness (QED) is 0.620. The Morgan fingerprint density at radius 3 is 2.70 bits per heavy atom. The molecule has 1 N–H and O–H groups in total. The van der Waals surface area contributed by atoms with Gasteiger partial charge >= 0.3 is 0 Å². The van der Waals surface area contributed by atoms with Gasteiger partial charge in [-0.3, -0.25) is 14.2 Å². The van der Waals surface area contributed by atoms with Gasteiger partial charge in [0.1, 0.15) is 29.8 Å². The number of para-hydroxylation sites is 1. The lowest BCUT2D eigenvalue weighted by Crippen LogP contribution is -2.60.